The fourth-order valence-corrected chi connectivity index (χ4v) is 4.83. The van der Waals surface area contributed by atoms with Gasteiger partial charge < -0.3 is 9.47 Å². The summed E-state index contributed by atoms with van der Waals surface area (Å²) in [5.41, 5.74) is 3.69. The van der Waals surface area contributed by atoms with E-state index in [9.17, 15) is 9.59 Å². The maximum Gasteiger partial charge on any atom is 0.306 e. The van der Waals surface area contributed by atoms with Gasteiger partial charge in [-0.3, -0.25) is 9.59 Å². The van der Waals surface area contributed by atoms with Gasteiger partial charge in [0.1, 0.15) is 13.2 Å². The largest absolute Gasteiger partial charge is 0.461 e. The first-order valence-electron chi connectivity index (χ1n) is 11.2. The van der Waals surface area contributed by atoms with Crippen LogP contribution in [0.5, 0.6) is 0 Å². The van der Waals surface area contributed by atoms with E-state index in [2.05, 4.69) is 13.2 Å². The molecule has 1 aliphatic rings. The molecule has 3 aromatic rings. The Labute approximate surface area is 213 Å². The molecule has 6 nitrogen and oxygen atoms in total. The molecule has 0 atom stereocenters. The first-order chi connectivity index (χ1) is 16.9. The number of halogens is 2. The summed E-state index contributed by atoms with van der Waals surface area (Å²) < 4.78 is 10.4. The Balaban J connectivity index is 1.83. The molecule has 1 aliphatic carbocycles. The molecule has 4 rings (SSSR count). The van der Waals surface area contributed by atoms with E-state index in [0.29, 0.717) is 45.3 Å². The van der Waals surface area contributed by atoms with Gasteiger partial charge in [0.05, 0.1) is 32.5 Å². The van der Waals surface area contributed by atoms with Crippen LogP contribution < -0.4 is 0 Å². The van der Waals surface area contributed by atoms with Crippen molar-refractivity contribution in [1.29, 1.82) is 0 Å². The maximum absolute atomic E-state index is 12.5. The highest BCUT2D eigenvalue weighted by Crippen LogP contribution is 2.52. The summed E-state index contributed by atoms with van der Waals surface area (Å²) in [5, 5.41) is 0.761. The molecule has 2 aromatic carbocycles. The fourth-order valence-electron chi connectivity index (χ4n) is 4.52. The number of esters is 2. The molecule has 8 heteroatoms. The van der Waals surface area contributed by atoms with E-state index in [-0.39, 0.29) is 38.0 Å². The third kappa shape index (κ3) is 4.95. The van der Waals surface area contributed by atoms with Crippen LogP contribution in [0.3, 0.4) is 0 Å². The molecule has 0 saturated heterocycles. The minimum atomic E-state index is -0.750. The van der Waals surface area contributed by atoms with Crippen LogP contribution in [-0.2, 0) is 24.5 Å². The van der Waals surface area contributed by atoms with Crippen LogP contribution in [0.25, 0.3) is 22.3 Å². The van der Waals surface area contributed by atoms with Crippen LogP contribution >= 0.6 is 23.2 Å². The average molecular weight is 511 g/mol. The van der Waals surface area contributed by atoms with Gasteiger partial charge in [-0.05, 0) is 30.5 Å². The Morgan fingerprint density at radius 2 is 1.43 bits per heavy atom. The molecule has 0 fully saturated rings. The van der Waals surface area contributed by atoms with Gasteiger partial charge in [-0.1, -0.05) is 72.8 Å². The van der Waals surface area contributed by atoms with Gasteiger partial charge in [-0.2, -0.15) is 0 Å². The van der Waals surface area contributed by atoms with Gasteiger partial charge >= 0.3 is 11.9 Å². The van der Waals surface area contributed by atoms with E-state index >= 15 is 0 Å². The second-order valence-electron chi connectivity index (χ2n) is 8.25. The Hall–Kier alpha value is -3.22. The molecule has 180 valence electrons. The number of fused-ring (bicyclic) bond motifs is 4. The lowest BCUT2D eigenvalue weighted by Gasteiger charge is -2.30. The maximum atomic E-state index is 12.5. The number of hydrogen-bond donors (Lipinski definition) is 0. The zero-order chi connectivity index (χ0) is 25.0. The molecule has 35 heavy (non-hydrogen) atoms. The normalized spacial score (nSPS) is 13.1. The van der Waals surface area contributed by atoms with Gasteiger partial charge in [0.2, 0.25) is 0 Å². The van der Waals surface area contributed by atoms with Crippen molar-refractivity contribution in [3.63, 3.8) is 0 Å². The molecule has 0 amide bonds. The van der Waals surface area contributed by atoms with Gasteiger partial charge in [-0.15, -0.1) is 0 Å². The molecule has 0 bridgehead atoms. The molecule has 0 aliphatic heterocycles. The summed E-state index contributed by atoms with van der Waals surface area (Å²) in [5.74, 6) is -0.707. The van der Waals surface area contributed by atoms with Gasteiger partial charge in [-0.25, -0.2) is 9.97 Å². The van der Waals surface area contributed by atoms with Crippen molar-refractivity contribution in [2.75, 3.05) is 13.2 Å². The number of carbonyl (C=O) groups is 2. The number of benzene rings is 2. The topological polar surface area (TPSA) is 78.4 Å². The van der Waals surface area contributed by atoms with Crippen molar-refractivity contribution in [2.24, 2.45) is 0 Å². The highest BCUT2D eigenvalue weighted by atomic mass is 35.5. The van der Waals surface area contributed by atoms with E-state index in [1.807, 2.05) is 24.3 Å². The molecule has 0 N–H and O–H groups in total. The van der Waals surface area contributed by atoms with Crippen LogP contribution in [0.15, 0.2) is 61.7 Å². The van der Waals surface area contributed by atoms with Crippen LogP contribution in [0, 0.1) is 0 Å². The zero-order valence-corrected chi connectivity index (χ0v) is 20.6. The van der Waals surface area contributed by atoms with E-state index in [1.165, 1.54) is 12.2 Å². The average Bonchev–Trinajstić information content (AvgIpc) is 3.12. The summed E-state index contributed by atoms with van der Waals surface area (Å²) in [4.78, 5) is 34.8. The van der Waals surface area contributed by atoms with Crippen LogP contribution in [-0.4, -0.2) is 35.1 Å². The van der Waals surface area contributed by atoms with E-state index < -0.39 is 5.41 Å². The summed E-state index contributed by atoms with van der Waals surface area (Å²) in [6, 6.07) is 11.2. The third-order valence-electron chi connectivity index (χ3n) is 6.09. The zero-order valence-electron chi connectivity index (χ0n) is 19.1. The van der Waals surface area contributed by atoms with Crippen molar-refractivity contribution < 1.29 is 19.1 Å². The number of carbonyl (C=O) groups excluding carboxylic acids is 2. The molecule has 0 unspecified atom stereocenters. The number of nitrogens with zero attached hydrogens (tertiary/aromatic N) is 2. The molecule has 0 spiro atoms. The van der Waals surface area contributed by atoms with Crippen molar-refractivity contribution in [3.05, 3.63) is 83.0 Å². The van der Waals surface area contributed by atoms with Crippen molar-refractivity contribution in [2.45, 2.75) is 31.1 Å². The number of hydrogen-bond acceptors (Lipinski definition) is 6. The van der Waals surface area contributed by atoms with Gasteiger partial charge in [0.25, 0.3) is 0 Å². The van der Waals surface area contributed by atoms with E-state index in [1.54, 1.807) is 12.1 Å². The van der Waals surface area contributed by atoms with E-state index in [0.717, 1.165) is 11.1 Å². The lowest BCUT2D eigenvalue weighted by atomic mass is 9.73. The summed E-state index contributed by atoms with van der Waals surface area (Å²) >= 11 is 12.5. The molecule has 1 aromatic heterocycles. The number of ether oxygens (including phenoxy) is 2. The van der Waals surface area contributed by atoms with Crippen molar-refractivity contribution >= 4 is 46.2 Å². The molecule has 1 heterocycles. The van der Waals surface area contributed by atoms with Gasteiger partial charge in [0.15, 0.2) is 0 Å². The number of aromatic nitrogens is 2. The summed E-state index contributed by atoms with van der Waals surface area (Å²) in [7, 11) is 0. The predicted molar refractivity (Wildman–Crippen MR) is 137 cm³/mol. The minimum absolute atomic E-state index is 0.129. The minimum Gasteiger partial charge on any atom is -0.461 e. The second-order valence-corrected chi connectivity index (χ2v) is 9.06. The fraction of sp³-hybridized carbons (Fsp3) is 0.259. The highest BCUT2D eigenvalue weighted by Gasteiger charge is 2.46. The Morgan fingerprint density at radius 1 is 0.886 bits per heavy atom. The Bertz CT molecular complexity index is 1290. The Morgan fingerprint density at radius 3 is 2.00 bits per heavy atom. The third-order valence-corrected chi connectivity index (χ3v) is 6.82. The van der Waals surface area contributed by atoms with Crippen molar-refractivity contribution in [1.82, 2.24) is 9.97 Å². The summed E-state index contributed by atoms with van der Waals surface area (Å²) in [6.07, 6.45) is 4.06. The lowest BCUT2D eigenvalue weighted by Crippen LogP contribution is -2.29. The first-order valence-corrected chi connectivity index (χ1v) is 12.0. The first kappa shape index (κ1) is 24.9. The second kappa shape index (κ2) is 10.6. The van der Waals surface area contributed by atoms with Crippen LogP contribution in [0.4, 0.5) is 0 Å². The molecule has 0 saturated carbocycles. The smallest absolute Gasteiger partial charge is 0.306 e. The molecular weight excluding hydrogens is 487 g/mol. The highest BCUT2D eigenvalue weighted by molar-refractivity contribution is 6.42. The van der Waals surface area contributed by atoms with Crippen LogP contribution in [0.1, 0.15) is 36.9 Å². The SMILES string of the molecule is C=CCOC(=O)CCC1(CCC(=O)OCC=C)c2ccccc2-c2nc3cc(Cl)c(Cl)cc3nc21. The molecule has 0 radical (unpaired) electrons. The standard InChI is InChI=1S/C27H24Cl2N2O4/c1-3-13-34-23(32)9-11-27(12-10-24(33)35-14-4-2)18-8-6-5-7-17(18)25-26(27)31-22-16-20(29)19(28)15-21(22)30-25/h3-8,15-16H,1-2,9-14H2. The predicted octanol–water partition coefficient (Wildman–Crippen LogP) is 6.22. The van der Waals surface area contributed by atoms with E-state index in [4.69, 9.17) is 42.6 Å². The lowest BCUT2D eigenvalue weighted by molar-refractivity contribution is -0.142. The van der Waals surface area contributed by atoms with Gasteiger partial charge in [0, 0.05) is 23.8 Å². The van der Waals surface area contributed by atoms with Crippen molar-refractivity contribution in [3.8, 4) is 11.3 Å². The Kier molecular flexibility index (Phi) is 7.53. The quantitative estimate of drug-likeness (QED) is 0.238. The van der Waals surface area contributed by atoms with Crippen LogP contribution in [0.2, 0.25) is 10.0 Å². The molecular formula is C27H24Cl2N2O4. The summed E-state index contributed by atoms with van der Waals surface area (Å²) in [6.45, 7) is 7.44. The monoisotopic (exact) mass is 510 g/mol. The number of rotatable bonds is 10.